The average Bonchev–Trinajstić information content (AvgIpc) is 2.43. The lowest BCUT2D eigenvalue weighted by Gasteiger charge is -2.23. The van der Waals surface area contributed by atoms with Crippen molar-refractivity contribution in [3.8, 4) is 0 Å². The molecule has 0 radical (unpaired) electrons. The smallest absolute Gasteiger partial charge is 0.348 e. The van der Waals surface area contributed by atoms with Crippen molar-refractivity contribution in [1.29, 1.82) is 0 Å². The summed E-state index contributed by atoms with van der Waals surface area (Å²) in [7, 11) is 0. The highest BCUT2D eigenvalue weighted by Crippen LogP contribution is 2.13. The molecule has 0 N–H and O–H groups in total. The minimum absolute atomic E-state index is 0.0841. The first-order valence-electron chi connectivity index (χ1n) is 7.27. The van der Waals surface area contributed by atoms with Crippen LogP contribution < -0.4 is 0 Å². The number of carbonyl (C=O) groups excluding carboxylic acids is 3. The van der Waals surface area contributed by atoms with Gasteiger partial charge < -0.3 is 14.2 Å². The molecule has 0 unspecified atom stereocenters. The number of hydrogen-bond donors (Lipinski definition) is 0. The summed E-state index contributed by atoms with van der Waals surface area (Å²) < 4.78 is 15.1. The molecular formula is C17H22O6. The lowest BCUT2D eigenvalue weighted by Crippen LogP contribution is -2.36. The highest BCUT2D eigenvalue weighted by molar-refractivity contribution is 5.84. The molecule has 6 heteroatoms. The zero-order valence-corrected chi connectivity index (χ0v) is 13.8. The maximum absolute atomic E-state index is 12.0. The van der Waals surface area contributed by atoms with Crippen LogP contribution in [-0.2, 0) is 35.2 Å². The van der Waals surface area contributed by atoms with Crippen LogP contribution in [0, 0.1) is 0 Å². The number of carbonyl (C=O) groups is 3. The van der Waals surface area contributed by atoms with E-state index in [0.717, 1.165) is 12.5 Å². The third-order valence-corrected chi connectivity index (χ3v) is 2.57. The molecule has 0 spiro atoms. The average molecular weight is 322 g/mol. The molecule has 0 amide bonds. The van der Waals surface area contributed by atoms with Crippen molar-refractivity contribution in [3.05, 3.63) is 35.9 Å². The number of benzene rings is 1. The lowest BCUT2D eigenvalue weighted by molar-refractivity contribution is -0.178. The summed E-state index contributed by atoms with van der Waals surface area (Å²) in [4.78, 5) is 35.0. The fourth-order valence-corrected chi connectivity index (χ4v) is 1.69. The van der Waals surface area contributed by atoms with Gasteiger partial charge in [-0.3, -0.25) is 9.59 Å². The molecular weight excluding hydrogens is 300 g/mol. The maximum Gasteiger partial charge on any atom is 0.348 e. The Bertz CT molecular complexity index is 544. The van der Waals surface area contributed by atoms with E-state index in [9.17, 15) is 14.4 Å². The van der Waals surface area contributed by atoms with E-state index in [0.29, 0.717) is 0 Å². The summed E-state index contributed by atoms with van der Waals surface area (Å²) in [5, 5.41) is 0. The molecule has 1 atom stereocenters. The first-order valence-corrected chi connectivity index (χ1v) is 7.27. The number of hydrogen-bond acceptors (Lipinski definition) is 6. The normalized spacial score (nSPS) is 12.2. The summed E-state index contributed by atoms with van der Waals surface area (Å²) in [6.07, 6.45) is -1.70. The van der Waals surface area contributed by atoms with Crippen molar-refractivity contribution in [3.63, 3.8) is 0 Å². The quantitative estimate of drug-likeness (QED) is 0.591. The van der Waals surface area contributed by atoms with Gasteiger partial charge in [-0.1, -0.05) is 30.3 Å². The largest absolute Gasteiger partial charge is 0.461 e. The van der Waals surface area contributed by atoms with Gasteiger partial charge in [0.15, 0.2) is 0 Å². The van der Waals surface area contributed by atoms with Crippen molar-refractivity contribution in [2.24, 2.45) is 0 Å². The van der Waals surface area contributed by atoms with Crippen LogP contribution in [-0.4, -0.2) is 29.6 Å². The number of esters is 3. The Labute approximate surface area is 135 Å². The van der Waals surface area contributed by atoms with E-state index in [4.69, 9.17) is 14.2 Å². The predicted octanol–water partition coefficient (Wildman–Crippen LogP) is 2.39. The van der Waals surface area contributed by atoms with Crippen molar-refractivity contribution in [2.75, 3.05) is 0 Å². The van der Waals surface area contributed by atoms with Gasteiger partial charge in [0.2, 0.25) is 6.10 Å². The molecule has 1 aromatic rings. The minimum Gasteiger partial charge on any atom is -0.461 e. The van der Waals surface area contributed by atoms with Crippen LogP contribution in [0.2, 0.25) is 0 Å². The molecule has 1 rings (SSSR count). The van der Waals surface area contributed by atoms with Crippen LogP contribution in [0.3, 0.4) is 0 Å². The van der Waals surface area contributed by atoms with Gasteiger partial charge in [-0.15, -0.1) is 0 Å². The fraction of sp³-hybridized carbons (Fsp3) is 0.471. The van der Waals surface area contributed by atoms with E-state index in [1.54, 1.807) is 20.8 Å². The highest BCUT2D eigenvalue weighted by atomic mass is 16.6. The second kappa shape index (κ2) is 8.31. The molecule has 0 heterocycles. The van der Waals surface area contributed by atoms with E-state index in [2.05, 4.69) is 0 Å². The zero-order valence-electron chi connectivity index (χ0n) is 13.8. The van der Waals surface area contributed by atoms with Crippen LogP contribution in [0.4, 0.5) is 0 Å². The second-order valence-corrected chi connectivity index (χ2v) is 5.98. The summed E-state index contributed by atoms with van der Waals surface area (Å²) >= 11 is 0. The molecule has 0 aliphatic rings. The Morgan fingerprint density at radius 2 is 1.70 bits per heavy atom. The van der Waals surface area contributed by atoms with Gasteiger partial charge in [-0.05, 0) is 26.3 Å². The SMILES string of the molecule is CC(=O)O[C@@H](CC(=O)OCc1ccccc1)C(=O)OC(C)(C)C. The van der Waals surface area contributed by atoms with E-state index < -0.39 is 29.6 Å². The van der Waals surface area contributed by atoms with E-state index in [1.165, 1.54) is 0 Å². The third-order valence-electron chi connectivity index (χ3n) is 2.57. The number of rotatable bonds is 6. The summed E-state index contributed by atoms with van der Waals surface area (Å²) in [5.74, 6) is -2.09. The molecule has 23 heavy (non-hydrogen) atoms. The maximum atomic E-state index is 12.0. The molecule has 0 aromatic heterocycles. The monoisotopic (exact) mass is 322 g/mol. The highest BCUT2D eigenvalue weighted by Gasteiger charge is 2.30. The van der Waals surface area contributed by atoms with Gasteiger partial charge in [-0.25, -0.2) is 4.79 Å². The molecule has 0 aliphatic carbocycles. The Morgan fingerprint density at radius 1 is 1.09 bits per heavy atom. The van der Waals surface area contributed by atoms with Crippen LogP contribution >= 0.6 is 0 Å². The minimum atomic E-state index is -1.31. The predicted molar refractivity (Wildman–Crippen MR) is 82.3 cm³/mol. The topological polar surface area (TPSA) is 78.9 Å². The van der Waals surface area contributed by atoms with Crippen molar-refractivity contribution < 1.29 is 28.6 Å². The van der Waals surface area contributed by atoms with Gasteiger partial charge in [-0.2, -0.15) is 0 Å². The molecule has 0 aliphatic heterocycles. The Morgan fingerprint density at radius 3 is 2.22 bits per heavy atom. The lowest BCUT2D eigenvalue weighted by atomic mass is 10.2. The van der Waals surface area contributed by atoms with Gasteiger partial charge in [0.25, 0.3) is 0 Å². The summed E-state index contributed by atoms with van der Waals surface area (Å²) in [6.45, 7) is 6.30. The van der Waals surface area contributed by atoms with Gasteiger partial charge in [0, 0.05) is 6.92 Å². The first-order chi connectivity index (χ1) is 10.7. The Balaban J connectivity index is 2.60. The molecule has 1 aromatic carbocycles. The second-order valence-electron chi connectivity index (χ2n) is 5.98. The van der Waals surface area contributed by atoms with E-state index in [1.807, 2.05) is 30.3 Å². The first kappa shape index (κ1) is 18.7. The molecule has 0 bridgehead atoms. The van der Waals surface area contributed by atoms with Gasteiger partial charge >= 0.3 is 17.9 Å². The number of ether oxygens (including phenoxy) is 3. The molecule has 0 saturated heterocycles. The Hall–Kier alpha value is -2.37. The standard InChI is InChI=1S/C17H22O6/c1-12(18)22-14(16(20)23-17(2,3)4)10-15(19)21-11-13-8-6-5-7-9-13/h5-9,14H,10-11H2,1-4H3/t14-/m0/s1. The third kappa shape index (κ3) is 7.99. The molecule has 6 nitrogen and oxygen atoms in total. The van der Waals surface area contributed by atoms with Crippen molar-refractivity contribution in [1.82, 2.24) is 0 Å². The molecule has 126 valence electrons. The van der Waals surface area contributed by atoms with Crippen LogP contribution in [0.25, 0.3) is 0 Å². The summed E-state index contributed by atoms with van der Waals surface area (Å²) in [5.41, 5.74) is 0.0748. The fourth-order valence-electron chi connectivity index (χ4n) is 1.69. The molecule has 0 fully saturated rings. The van der Waals surface area contributed by atoms with Crippen LogP contribution in [0.5, 0.6) is 0 Å². The molecule has 0 saturated carbocycles. The van der Waals surface area contributed by atoms with Crippen LogP contribution in [0.1, 0.15) is 39.7 Å². The Kier molecular flexibility index (Phi) is 6.75. The summed E-state index contributed by atoms with van der Waals surface area (Å²) in [6, 6.07) is 9.12. The van der Waals surface area contributed by atoms with E-state index >= 15 is 0 Å². The van der Waals surface area contributed by atoms with Gasteiger partial charge in [0.1, 0.15) is 12.2 Å². The van der Waals surface area contributed by atoms with Gasteiger partial charge in [0.05, 0.1) is 6.42 Å². The zero-order chi connectivity index (χ0) is 17.5. The van der Waals surface area contributed by atoms with Crippen LogP contribution in [0.15, 0.2) is 30.3 Å². The van der Waals surface area contributed by atoms with Crippen molar-refractivity contribution in [2.45, 2.75) is 52.4 Å². The van der Waals surface area contributed by atoms with E-state index in [-0.39, 0.29) is 13.0 Å². The van der Waals surface area contributed by atoms with Crippen molar-refractivity contribution >= 4 is 17.9 Å².